The van der Waals surface area contributed by atoms with E-state index in [4.69, 9.17) is 0 Å². The molecule has 3 amide bonds. The molecule has 1 aliphatic rings. The zero-order chi connectivity index (χ0) is 24.9. The van der Waals surface area contributed by atoms with Gasteiger partial charge in [0.15, 0.2) is 0 Å². The van der Waals surface area contributed by atoms with Crippen LogP contribution in [-0.2, 0) is 14.4 Å². The van der Waals surface area contributed by atoms with Crippen LogP contribution in [0.25, 0.3) is 11.3 Å². The maximum absolute atomic E-state index is 13.0. The van der Waals surface area contributed by atoms with Gasteiger partial charge in [0.2, 0.25) is 11.8 Å². The number of amides is 3. The van der Waals surface area contributed by atoms with E-state index < -0.39 is 0 Å². The van der Waals surface area contributed by atoms with E-state index in [1.54, 1.807) is 33.2 Å². The molecule has 0 saturated carbocycles. The third-order valence-electron chi connectivity index (χ3n) is 5.83. The number of hydrogen-bond donors (Lipinski definition) is 2. The number of likely N-dealkylation sites (N-methyl/N-ethyl adjacent to an activating group) is 1. The van der Waals surface area contributed by atoms with Crippen LogP contribution in [-0.4, -0.2) is 43.3 Å². The molecular weight excluding hydrogens is 440 g/mol. The van der Waals surface area contributed by atoms with E-state index in [1.165, 1.54) is 9.80 Å². The van der Waals surface area contributed by atoms with Crippen LogP contribution in [0.3, 0.4) is 0 Å². The number of para-hydroxylation sites is 1. The minimum Gasteiger partial charge on any atom is -0.354 e. The highest BCUT2D eigenvalue weighted by atomic mass is 16.2. The number of carbonyl (C=O) groups excluding carboxylic acids is 3. The molecule has 1 aliphatic heterocycles. The number of anilines is 3. The summed E-state index contributed by atoms with van der Waals surface area (Å²) in [5.74, 6) is -0.459. The zero-order valence-corrected chi connectivity index (χ0v) is 20.0. The number of nitrogens with zero attached hydrogens (tertiary/aromatic N) is 2. The molecule has 0 atom stereocenters. The summed E-state index contributed by atoms with van der Waals surface area (Å²) in [5, 5.41) is 6.35. The summed E-state index contributed by atoms with van der Waals surface area (Å²) in [7, 11) is 3.33. The van der Waals surface area contributed by atoms with Crippen molar-refractivity contribution in [1.29, 1.82) is 0 Å². The summed E-state index contributed by atoms with van der Waals surface area (Å²) in [6, 6.07) is 24.6. The Morgan fingerprint density at radius 2 is 1.51 bits per heavy atom. The van der Waals surface area contributed by atoms with Gasteiger partial charge in [0.25, 0.3) is 5.91 Å². The van der Waals surface area contributed by atoms with Crippen LogP contribution in [0.1, 0.15) is 24.5 Å². The molecule has 7 heteroatoms. The van der Waals surface area contributed by atoms with Crippen molar-refractivity contribution >= 4 is 46.1 Å². The number of benzene rings is 3. The minimum absolute atomic E-state index is 0.0251. The lowest BCUT2D eigenvalue weighted by Crippen LogP contribution is -2.40. The second-order valence-corrected chi connectivity index (χ2v) is 8.41. The first-order chi connectivity index (χ1) is 16.9. The Labute approximate surface area is 205 Å². The highest BCUT2D eigenvalue weighted by Crippen LogP contribution is 2.37. The SMILES string of the molecule is CCC(=O)N(CC(=O)N(C)C)c1ccc(N/C(=C2\C(=O)Nc3ccccc32)c2ccccc2)cc1. The molecule has 2 N–H and O–H groups in total. The summed E-state index contributed by atoms with van der Waals surface area (Å²) in [6.45, 7) is 1.75. The van der Waals surface area contributed by atoms with E-state index in [-0.39, 0.29) is 24.3 Å². The first kappa shape index (κ1) is 23.8. The Balaban J connectivity index is 1.70. The van der Waals surface area contributed by atoms with Crippen molar-refractivity contribution < 1.29 is 14.4 Å². The van der Waals surface area contributed by atoms with Crippen molar-refractivity contribution in [1.82, 2.24) is 4.90 Å². The Hall–Kier alpha value is -4.39. The molecule has 7 nitrogen and oxygen atoms in total. The molecule has 178 valence electrons. The van der Waals surface area contributed by atoms with Crippen molar-refractivity contribution in [3.8, 4) is 0 Å². The van der Waals surface area contributed by atoms with E-state index in [1.807, 2.05) is 66.7 Å². The van der Waals surface area contributed by atoms with Crippen LogP contribution in [0, 0.1) is 0 Å². The van der Waals surface area contributed by atoms with E-state index in [2.05, 4.69) is 10.6 Å². The topological polar surface area (TPSA) is 81.8 Å². The number of carbonyl (C=O) groups is 3. The highest BCUT2D eigenvalue weighted by molar-refractivity contribution is 6.37. The van der Waals surface area contributed by atoms with Gasteiger partial charge in [0.05, 0.1) is 11.3 Å². The third-order valence-corrected chi connectivity index (χ3v) is 5.83. The Morgan fingerprint density at radius 1 is 0.857 bits per heavy atom. The van der Waals surface area contributed by atoms with Gasteiger partial charge in [0, 0.05) is 43.1 Å². The largest absolute Gasteiger partial charge is 0.354 e. The molecule has 0 saturated heterocycles. The van der Waals surface area contributed by atoms with E-state index in [0.29, 0.717) is 23.4 Å². The van der Waals surface area contributed by atoms with Gasteiger partial charge in [-0.2, -0.15) is 0 Å². The molecule has 4 rings (SSSR count). The van der Waals surface area contributed by atoms with Gasteiger partial charge >= 0.3 is 0 Å². The van der Waals surface area contributed by atoms with E-state index in [9.17, 15) is 14.4 Å². The predicted octanol–water partition coefficient (Wildman–Crippen LogP) is 4.45. The average Bonchev–Trinajstić information content (AvgIpc) is 3.21. The minimum atomic E-state index is -0.170. The van der Waals surface area contributed by atoms with Crippen LogP contribution in [0.2, 0.25) is 0 Å². The Morgan fingerprint density at radius 3 is 2.17 bits per heavy atom. The second-order valence-electron chi connectivity index (χ2n) is 8.41. The molecule has 0 fully saturated rings. The van der Waals surface area contributed by atoms with Crippen LogP contribution in [0.4, 0.5) is 17.1 Å². The van der Waals surface area contributed by atoms with Crippen molar-refractivity contribution in [2.45, 2.75) is 13.3 Å². The number of hydrogen-bond acceptors (Lipinski definition) is 4. The normalized spacial score (nSPS) is 13.5. The molecule has 35 heavy (non-hydrogen) atoms. The monoisotopic (exact) mass is 468 g/mol. The summed E-state index contributed by atoms with van der Waals surface area (Å²) in [5.41, 5.74) is 5.12. The first-order valence-corrected chi connectivity index (χ1v) is 11.5. The molecule has 0 spiro atoms. The fourth-order valence-corrected chi connectivity index (χ4v) is 3.91. The summed E-state index contributed by atoms with van der Waals surface area (Å²) < 4.78 is 0. The van der Waals surface area contributed by atoms with Gasteiger partial charge in [-0.15, -0.1) is 0 Å². The van der Waals surface area contributed by atoms with Gasteiger partial charge in [-0.1, -0.05) is 55.5 Å². The van der Waals surface area contributed by atoms with Crippen LogP contribution < -0.4 is 15.5 Å². The molecule has 3 aromatic rings. The van der Waals surface area contributed by atoms with Gasteiger partial charge in [-0.05, 0) is 35.9 Å². The van der Waals surface area contributed by atoms with Crippen molar-refractivity contribution in [3.05, 3.63) is 90.0 Å². The molecule has 0 bridgehead atoms. The quantitative estimate of drug-likeness (QED) is 0.502. The van der Waals surface area contributed by atoms with Crippen LogP contribution in [0.5, 0.6) is 0 Å². The standard InChI is InChI=1S/C28H28N4O3/c1-4-24(33)32(18-25(34)31(2)3)21-16-14-20(15-17-21)29-27(19-10-6-5-7-11-19)26-22-12-8-9-13-23(22)30-28(26)35/h5-17,29H,4,18H2,1-3H3,(H,30,35)/b27-26-. The molecule has 1 heterocycles. The molecule has 3 aromatic carbocycles. The smallest absolute Gasteiger partial charge is 0.258 e. The number of fused-ring (bicyclic) bond motifs is 1. The average molecular weight is 469 g/mol. The molecular formula is C28H28N4O3. The molecule has 0 radical (unpaired) electrons. The summed E-state index contributed by atoms with van der Waals surface area (Å²) >= 11 is 0. The summed E-state index contributed by atoms with van der Waals surface area (Å²) in [6.07, 6.45) is 0.291. The molecule has 0 aromatic heterocycles. The van der Waals surface area contributed by atoms with Crippen molar-refractivity contribution in [2.75, 3.05) is 36.2 Å². The first-order valence-electron chi connectivity index (χ1n) is 11.5. The fourth-order valence-electron chi connectivity index (χ4n) is 3.91. The number of nitrogens with one attached hydrogen (secondary N) is 2. The second kappa shape index (κ2) is 10.3. The van der Waals surface area contributed by atoms with Gasteiger partial charge in [-0.3, -0.25) is 14.4 Å². The van der Waals surface area contributed by atoms with Gasteiger partial charge in [-0.25, -0.2) is 0 Å². The lowest BCUT2D eigenvalue weighted by atomic mass is 10.00. The zero-order valence-electron chi connectivity index (χ0n) is 20.0. The third kappa shape index (κ3) is 5.09. The van der Waals surface area contributed by atoms with Gasteiger partial charge in [0.1, 0.15) is 6.54 Å². The van der Waals surface area contributed by atoms with E-state index >= 15 is 0 Å². The van der Waals surface area contributed by atoms with Gasteiger partial charge < -0.3 is 20.4 Å². The summed E-state index contributed by atoms with van der Waals surface area (Å²) in [4.78, 5) is 40.7. The molecule has 0 unspecified atom stereocenters. The maximum Gasteiger partial charge on any atom is 0.258 e. The lowest BCUT2D eigenvalue weighted by Gasteiger charge is -2.24. The van der Waals surface area contributed by atoms with Crippen molar-refractivity contribution in [3.63, 3.8) is 0 Å². The van der Waals surface area contributed by atoms with E-state index in [0.717, 1.165) is 22.5 Å². The lowest BCUT2D eigenvalue weighted by molar-refractivity contribution is -0.129. The Kier molecular flexibility index (Phi) is 6.96. The predicted molar refractivity (Wildman–Crippen MR) is 140 cm³/mol. The van der Waals surface area contributed by atoms with Crippen LogP contribution >= 0.6 is 0 Å². The molecule has 0 aliphatic carbocycles. The van der Waals surface area contributed by atoms with Crippen LogP contribution in [0.15, 0.2) is 78.9 Å². The maximum atomic E-state index is 13.0. The fraction of sp³-hybridized carbons (Fsp3) is 0.179. The number of rotatable bonds is 7. The Bertz CT molecular complexity index is 1280. The van der Waals surface area contributed by atoms with Crippen molar-refractivity contribution in [2.24, 2.45) is 0 Å². The highest BCUT2D eigenvalue weighted by Gasteiger charge is 2.28.